The van der Waals surface area contributed by atoms with Crippen LogP contribution in [0.15, 0.2) is 0 Å². The standard InChI is InChI=1S/C15H27N5O8/c1-6(21)11(17)14(27)20-12(7(2)22)15(28)19-8(3-4-9(16)23)13(26)18-5-10(24)25/h6-8,11-12,21-22H,3-5,17H2,1-2H3,(H2,16,23)(H,18,26)(H,19,28)(H,20,27)(H,24,25). The minimum absolute atomic E-state index is 0.236. The van der Waals surface area contributed by atoms with Crippen LogP contribution < -0.4 is 27.4 Å². The highest BCUT2D eigenvalue weighted by Crippen LogP contribution is 2.02. The lowest BCUT2D eigenvalue weighted by molar-refractivity contribution is -0.139. The number of carbonyl (C=O) groups excluding carboxylic acids is 4. The Kier molecular flexibility index (Phi) is 10.7. The molecule has 0 spiro atoms. The number of carboxylic acids is 1. The Morgan fingerprint density at radius 1 is 0.929 bits per heavy atom. The smallest absolute Gasteiger partial charge is 0.322 e. The number of aliphatic carboxylic acids is 1. The van der Waals surface area contributed by atoms with Crippen molar-refractivity contribution < 1.29 is 39.3 Å². The van der Waals surface area contributed by atoms with Crippen LogP contribution in [0.5, 0.6) is 0 Å². The number of carboxylic acid groups (broad SMARTS) is 1. The summed E-state index contributed by atoms with van der Waals surface area (Å²) >= 11 is 0. The number of carbonyl (C=O) groups is 5. The van der Waals surface area contributed by atoms with E-state index < -0.39 is 66.5 Å². The van der Waals surface area contributed by atoms with Crippen molar-refractivity contribution >= 4 is 29.6 Å². The fraction of sp³-hybridized carbons (Fsp3) is 0.667. The third kappa shape index (κ3) is 9.25. The topological polar surface area (TPSA) is 234 Å². The summed E-state index contributed by atoms with van der Waals surface area (Å²) in [5.74, 6) is -4.88. The maximum atomic E-state index is 12.4. The average Bonchev–Trinajstić information content (AvgIpc) is 2.59. The first kappa shape index (κ1) is 25.2. The van der Waals surface area contributed by atoms with E-state index in [-0.39, 0.29) is 12.8 Å². The molecule has 0 aromatic rings. The summed E-state index contributed by atoms with van der Waals surface area (Å²) in [7, 11) is 0. The molecule has 0 saturated carbocycles. The second-order valence-corrected chi connectivity index (χ2v) is 6.17. The van der Waals surface area contributed by atoms with Crippen LogP contribution in [0.25, 0.3) is 0 Å². The molecule has 0 aromatic heterocycles. The van der Waals surface area contributed by atoms with E-state index in [1.165, 1.54) is 13.8 Å². The maximum Gasteiger partial charge on any atom is 0.322 e. The number of aliphatic hydroxyl groups is 2. The second kappa shape index (κ2) is 11.8. The molecule has 0 fully saturated rings. The molecule has 4 amide bonds. The second-order valence-electron chi connectivity index (χ2n) is 6.17. The molecule has 5 unspecified atom stereocenters. The van der Waals surface area contributed by atoms with Crippen LogP contribution in [0.2, 0.25) is 0 Å². The van der Waals surface area contributed by atoms with Crippen LogP contribution in [-0.4, -0.2) is 81.8 Å². The summed E-state index contributed by atoms with van der Waals surface area (Å²) in [4.78, 5) is 57.9. The molecular weight excluding hydrogens is 378 g/mol. The molecule has 0 heterocycles. The monoisotopic (exact) mass is 405 g/mol. The molecule has 160 valence electrons. The third-order valence-corrected chi connectivity index (χ3v) is 3.61. The van der Waals surface area contributed by atoms with Crippen molar-refractivity contribution in [1.82, 2.24) is 16.0 Å². The highest BCUT2D eigenvalue weighted by atomic mass is 16.4. The van der Waals surface area contributed by atoms with Crippen molar-refractivity contribution in [1.29, 1.82) is 0 Å². The highest BCUT2D eigenvalue weighted by molar-refractivity contribution is 5.94. The molecule has 28 heavy (non-hydrogen) atoms. The lowest BCUT2D eigenvalue weighted by atomic mass is 10.1. The van der Waals surface area contributed by atoms with E-state index in [0.29, 0.717) is 0 Å². The van der Waals surface area contributed by atoms with Gasteiger partial charge >= 0.3 is 5.97 Å². The normalized spacial score (nSPS) is 16.0. The Morgan fingerprint density at radius 3 is 1.93 bits per heavy atom. The molecule has 0 bridgehead atoms. The lowest BCUT2D eigenvalue weighted by Gasteiger charge is -2.26. The predicted octanol–water partition coefficient (Wildman–Crippen LogP) is -4.49. The van der Waals surface area contributed by atoms with Gasteiger partial charge in [0.2, 0.25) is 23.6 Å². The van der Waals surface area contributed by atoms with Gasteiger partial charge in [0, 0.05) is 6.42 Å². The van der Waals surface area contributed by atoms with Gasteiger partial charge in [0.1, 0.15) is 24.7 Å². The summed E-state index contributed by atoms with van der Waals surface area (Å²) in [5.41, 5.74) is 10.5. The van der Waals surface area contributed by atoms with Crippen molar-refractivity contribution in [3.05, 3.63) is 0 Å². The van der Waals surface area contributed by atoms with Crippen molar-refractivity contribution in [2.24, 2.45) is 11.5 Å². The van der Waals surface area contributed by atoms with Gasteiger partial charge in [0.15, 0.2) is 0 Å². The van der Waals surface area contributed by atoms with E-state index in [9.17, 15) is 34.2 Å². The molecule has 0 aliphatic carbocycles. The molecule has 0 aliphatic heterocycles. The molecule has 0 radical (unpaired) electrons. The number of nitrogens with two attached hydrogens (primary N) is 2. The first-order valence-corrected chi connectivity index (χ1v) is 8.37. The Morgan fingerprint density at radius 2 is 1.50 bits per heavy atom. The van der Waals surface area contributed by atoms with Crippen molar-refractivity contribution in [2.75, 3.05) is 6.54 Å². The van der Waals surface area contributed by atoms with Gasteiger partial charge in [-0.05, 0) is 20.3 Å². The van der Waals surface area contributed by atoms with Gasteiger partial charge in [-0.15, -0.1) is 0 Å². The molecule has 0 aromatic carbocycles. The van der Waals surface area contributed by atoms with E-state index in [4.69, 9.17) is 16.6 Å². The third-order valence-electron chi connectivity index (χ3n) is 3.61. The van der Waals surface area contributed by atoms with Crippen molar-refractivity contribution in [3.8, 4) is 0 Å². The fourth-order valence-electron chi connectivity index (χ4n) is 1.98. The molecule has 13 heteroatoms. The van der Waals surface area contributed by atoms with Gasteiger partial charge in [-0.2, -0.15) is 0 Å². The number of primary amides is 1. The summed E-state index contributed by atoms with van der Waals surface area (Å²) in [6.07, 6.45) is -3.14. The summed E-state index contributed by atoms with van der Waals surface area (Å²) in [6.45, 7) is 1.73. The quantitative estimate of drug-likeness (QED) is 0.156. The van der Waals surface area contributed by atoms with Crippen LogP contribution in [0.4, 0.5) is 0 Å². The molecule has 5 atom stereocenters. The van der Waals surface area contributed by atoms with Crippen molar-refractivity contribution in [3.63, 3.8) is 0 Å². The van der Waals surface area contributed by atoms with Gasteiger partial charge in [-0.1, -0.05) is 0 Å². The molecular formula is C15H27N5O8. The molecule has 0 saturated heterocycles. The van der Waals surface area contributed by atoms with Gasteiger partial charge in [-0.3, -0.25) is 24.0 Å². The summed E-state index contributed by atoms with van der Waals surface area (Å²) in [5, 5.41) is 34.1. The van der Waals surface area contributed by atoms with Crippen LogP contribution in [-0.2, 0) is 24.0 Å². The number of hydrogen-bond donors (Lipinski definition) is 8. The zero-order valence-corrected chi connectivity index (χ0v) is 15.5. The molecule has 0 aliphatic rings. The Balaban J connectivity index is 5.23. The Hall–Kier alpha value is -2.77. The number of rotatable bonds is 12. The number of amides is 4. The van der Waals surface area contributed by atoms with Crippen LogP contribution in [0.3, 0.4) is 0 Å². The van der Waals surface area contributed by atoms with E-state index >= 15 is 0 Å². The first-order valence-electron chi connectivity index (χ1n) is 8.37. The fourth-order valence-corrected chi connectivity index (χ4v) is 1.98. The van der Waals surface area contributed by atoms with Crippen molar-refractivity contribution in [2.45, 2.75) is 57.0 Å². The molecule has 0 rings (SSSR count). The SMILES string of the molecule is CC(O)C(N)C(=O)NC(C(=O)NC(CCC(N)=O)C(=O)NCC(=O)O)C(C)O. The van der Waals surface area contributed by atoms with Crippen LogP contribution in [0, 0.1) is 0 Å². The van der Waals surface area contributed by atoms with Crippen LogP contribution >= 0.6 is 0 Å². The molecule has 13 nitrogen and oxygen atoms in total. The van der Waals surface area contributed by atoms with E-state index in [0.717, 1.165) is 0 Å². The Bertz CT molecular complexity index is 595. The number of hydrogen-bond acceptors (Lipinski definition) is 8. The zero-order chi connectivity index (χ0) is 22.0. The van der Waals surface area contributed by atoms with Gasteiger partial charge in [-0.25, -0.2) is 0 Å². The van der Waals surface area contributed by atoms with Gasteiger partial charge in [0.05, 0.1) is 12.2 Å². The van der Waals surface area contributed by atoms with Gasteiger partial charge in [0.25, 0.3) is 0 Å². The summed E-state index contributed by atoms with van der Waals surface area (Å²) < 4.78 is 0. The lowest BCUT2D eigenvalue weighted by Crippen LogP contribution is -2.60. The average molecular weight is 405 g/mol. The van der Waals surface area contributed by atoms with E-state index in [1.807, 2.05) is 5.32 Å². The predicted molar refractivity (Wildman–Crippen MR) is 94.3 cm³/mol. The van der Waals surface area contributed by atoms with E-state index in [2.05, 4.69) is 10.6 Å². The highest BCUT2D eigenvalue weighted by Gasteiger charge is 2.32. The van der Waals surface area contributed by atoms with Crippen LogP contribution in [0.1, 0.15) is 26.7 Å². The van der Waals surface area contributed by atoms with E-state index in [1.54, 1.807) is 0 Å². The first-order chi connectivity index (χ1) is 12.9. The number of aliphatic hydroxyl groups excluding tert-OH is 2. The van der Waals surface area contributed by atoms with Gasteiger partial charge < -0.3 is 42.7 Å². The largest absolute Gasteiger partial charge is 0.480 e. The molecule has 10 N–H and O–H groups in total. The maximum absolute atomic E-state index is 12.4. The minimum Gasteiger partial charge on any atom is -0.480 e. The Labute approximate surface area is 160 Å². The number of nitrogens with one attached hydrogen (secondary N) is 3. The zero-order valence-electron chi connectivity index (χ0n) is 15.5. The minimum atomic E-state index is -1.53. The summed E-state index contributed by atoms with van der Waals surface area (Å²) in [6, 6.07) is -4.23.